The Kier molecular flexibility index (Phi) is 3.73. The van der Waals surface area contributed by atoms with Gasteiger partial charge in [-0.1, -0.05) is 0 Å². The molecule has 2 aromatic heterocycles. The highest BCUT2D eigenvalue weighted by Gasteiger charge is 2.44. The number of anilines is 2. The Morgan fingerprint density at radius 1 is 0.960 bits per heavy atom. The maximum absolute atomic E-state index is 13.8. The van der Waals surface area contributed by atoms with E-state index < -0.39 is 17.6 Å². The molecule has 4 heterocycles. The van der Waals surface area contributed by atoms with Gasteiger partial charge < -0.3 is 9.80 Å². The lowest BCUT2D eigenvalue weighted by Crippen LogP contribution is -2.31. The van der Waals surface area contributed by atoms with Crippen molar-refractivity contribution in [3.63, 3.8) is 0 Å². The Morgan fingerprint density at radius 3 is 2.20 bits per heavy atom. The largest absolute Gasteiger partial charge is 0.419 e. The molecule has 5 nitrogen and oxygen atoms in total. The van der Waals surface area contributed by atoms with Gasteiger partial charge in [-0.15, -0.1) is 0 Å². The second kappa shape index (κ2) is 5.82. The van der Waals surface area contributed by atoms with Gasteiger partial charge in [0.25, 0.3) is 0 Å². The molecule has 4 rings (SSSR count). The fraction of sp³-hybridized carbons (Fsp3) is 0.438. The molecule has 132 valence electrons. The fourth-order valence-corrected chi connectivity index (χ4v) is 3.75. The summed E-state index contributed by atoms with van der Waals surface area (Å²) in [5.41, 5.74) is -0.714. The highest BCUT2D eigenvalue weighted by Crippen LogP contribution is 2.40. The number of hydrogen-bond donors (Lipinski definition) is 0. The van der Waals surface area contributed by atoms with Gasteiger partial charge >= 0.3 is 6.18 Å². The minimum absolute atomic E-state index is 0.0239. The van der Waals surface area contributed by atoms with E-state index in [4.69, 9.17) is 0 Å². The van der Waals surface area contributed by atoms with Crippen molar-refractivity contribution in [3.8, 4) is 0 Å². The first-order chi connectivity index (χ1) is 11.9. The molecule has 0 amide bonds. The van der Waals surface area contributed by atoms with Crippen molar-refractivity contribution in [2.75, 3.05) is 36.0 Å². The zero-order valence-electron chi connectivity index (χ0n) is 13.1. The van der Waals surface area contributed by atoms with Crippen LogP contribution >= 0.6 is 0 Å². The van der Waals surface area contributed by atoms with E-state index in [1.54, 1.807) is 4.90 Å². The van der Waals surface area contributed by atoms with Crippen molar-refractivity contribution in [1.82, 2.24) is 15.0 Å². The Morgan fingerprint density at radius 2 is 1.60 bits per heavy atom. The lowest BCUT2D eigenvalue weighted by atomic mass is 10.0. The van der Waals surface area contributed by atoms with Crippen molar-refractivity contribution in [1.29, 1.82) is 0 Å². The van der Waals surface area contributed by atoms with Gasteiger partial charge in [0.15, 0.2) is 11.6 Å². The van der Waals surface area contributed by atoms with Crippen molar-refractivity contribution >= 4 is 11.6 Å². The molecular weight excluding hydrogens is 338 g/mol. The quantitative estimate of drug-likeness (QED) is 0.777. The van der Waals surface area contributed by atoms with E-state index in [9.17, 15) is 17.6 Å². The van der Waals surface area contributed by atoms with Gasteiger partial charge in [-0.05, 0) is 12.1 Å². The van der Waals surface area contributed by atoms with Crippen LogP contribution in [0.3, 0.4) is 0 Å². The number of fused-ring (bicyclic) bond motifs is 1. The van der Waals surface area contributed by atoms with Crippen LogP contribution in [0, 0.1) is 17.7 Å². The number of pyridine rings is 1. The van der Waals surface area contributed by atoms with Gasteiger partial charge in [-0.2, -0.15) is 13.2 Å². The van der Waals surface area contributed by atoms with E-state index >= 15 is 0 Å². The maximum Gasteiger partial charge on any atom is 0.419 e. The van der Waals surface area contributed by atoms with Crippen LogP contribution in [0.4, 0.5) is 29.2 Å². The topological polar surface area (TPSA) is 45.2 Å². The molecule has 2 aromatic rings. The van der Waals surface area contributed by atoms with E-state index in [1.807, 2.05) is 4.90 Å². The van der Waals surface area contributed by atoms with Crippen LogP contribution in [0.2, 0.25) is 0 Å². The zero-order valence-corrected chi connectivity index (χ0v) is 13.1. The minimum atomic E-state index is -4.43. The summed E-state index contributed by atoms with van der Waals surface area (Å²) in [4.78, 5) is 15.1. The van der Waals surface area contributed by atoms with E-state index in [0.717, 1.165) is 12.3 Å². The van der Waals surface area contributed by atoms with Gasteiger partial charge in [0.1, 0.15) is 12.1 Å². The van der Waals surface area contributed by atoms with Crippen molar-refractivity contribution < 1.29 is 17.6 Å². The summed E-state index contributed by atoms with van der Waals surface area (Å²) in [6.45, 7) is 2.05. The molecule has 2 unspecified atom stereocenters. The third kappa shape index (κ3) is 2.87. The number of hydrogen-bond acceptors (Lipinski definition) is 5. The predicted molar refractivity (Wildman–Crippen MR) is 82.6 cm³/mol. The third-order valence-electron chi connectivity index (χ3n) is 4.83. The Labute approximate surface area is 141 Å². The first-order valence-corrected chi connectivity index (χ1v) is 7.91. The molecule has 9 heteroatoms. The summed E-state index contributed by atoms with van der Waals surface area (Å²) in [6.07, 6.45) is -0.646. The molecule has 0 saturated carbocycles. The molecule has 0 radical (unpaired) electrons. The monoisotopic (exact) mass is 353 g/mol. The van der Waals surface area contributed by atoms with E-state index in [0.29, 0.717) is 26.2 Å². The smallest absolute Gasteiger partial charge is 0.355 e. The van der Waals surface area contributed by atoms with Crippen LogP contribution in [0.5, 0.6) is 0 Å². The average molecular weight is 353 g/mol. The number of alkyl halides is 3. The number of aromatic nitrogens is 3. The highest BCUT2D eigenvalue weighted by molar-refractivity contribution is 5.51. The van der Waals surface area contributed by atoms with Crippen LogP contribution in [-0.4, -0.2) is 41.1 Å². The summed E-state index contributed by atoms with van der Waals surface area (Å²) in [6, 6.07) is 2.35. The molecule has 0 bridgehead atoms. The van der Waals surface area contributed by atoms with E-state index in [1.165, 1.54) is 18.6 Å². The van der Waals surface area contributed by atoms with Crippen LogP contribution in [0.25, 0.3) is 0 Å². The predicted octanol–water partition coefficient (Wildman–Crippen LogP) is 2.60. The Balaban J connectivity index is 1.52. The molecule has 2 saturated heterocycles. The Bertz CT molecular complexity index is 767. The normalized spacial score (nSPS) is 23.2. The first kappa shape index (κ1) is 16.0. The van der Waals surface area contributed by atoms with Crippen LogP contribution in [0.15, 0.2) is 30.9 Å². The van der Waals surface area contributed by atoms with Crippen molar-refractivity contribution in [2.24, 2.45) is 11.8 Å². The first-order valence-electron chi connectivity index (χ1n) is 7.91. The molecule has 0 aliphatic carbocycles. The molecule has 2 fully saturated rings. The number of rotatable bonds is 2. The third-order valence-corrected chi connectivity index (χ3v) is 4.83. The minimum Gasteiger partial charge on any atom is -0.355 e. The van der Waals surface area contributed by atoms with Gasteiger partial charge in [-0.3, -0.25) is 0 Å². The standard InChI is InChI=1S/C16H15F4N5/c17-13-4-21-9-23-15(13)25-7-10-5-24(6-11(10)8-25)14-12(16(18,19)20)2-1-3-22-14/h1-4,9-11H,5-8H2. The molecule has 0 spiro atoms. The van der Waals surface area contributed by atoms with Crippen LogP contribution in [-0.2, 0) is 6.18 Å². The highest BCUT2D eigenvalue weighted by atomic mass is 19.4. The van der Waals surface area contributed by atoms with Crippen molar-refractivity contribution in [2.45, 2.75) is 6.18 Å². The van der Waals surface area contributed by atoms with Gasteiger partial charge in [-0.25, -0.2) is 19.3 Å². The van der Waals surface area contributed by atoms with Crippen molar-refractivity contribution in [3.05, 3.63) is 42.2 Å². The molecule has 2 atom stereocenters. The number of halogens is 4. The maximum atomic E-state index is 13.8. The fourth-order valence-electron chi connectivity index (χ4n) is 3.75. The summed E-state index contributed by atoms with van der Waals surface area (Å²) < 4.78 is 53.4. The molecule has 0 N–H and O–H groups in total. The summed E-state index contributed by atoms with van der Waals surface area (Å²) in [5, 5.41) is 0. The second-order valence-electron chi connectivity index (χ2n) is 6.40. The van der Waals surface area contributed by atoms with Gasteiger partial charge in [0.05, 0.1) is 11.8 Å². The van der Waals surface area contributed by atoms with Gasteiger partial charge in [0, 0.05) is 44.2 Å². The zero-order chi connectivity index (χ0) is 17.6. The van der Waals surface area contributed by atoms with E-state index in [-0.39, 0.29) is 23.5 Å². The van der Waals surface area contributed by atoms with Gasteiger partial charge in [0.2, 0.25) is 0 Å². The molecule has 0 aromatic carbocycles. The average Bonchev–Trinajstić information content (AvgIpc) is 3.13. The lowest BCUT2D eigenvalue weighted by Gasteiger charge is -2.25. The second-order valence-corrected chi connectivity index (χ2v) is 6.40. The van der Waals surface area contributed by atoms with Crippen LogP contribution in [0.1, 0.15) is 5.56 Å². The SMILES string of the molecule is Fc1cncnc1N1CC2CN(c3ncccc3C(F)(F)F)CC2C1. The summed E-state index contributed by atoms with van der Waals surface area (Å²) >= 11 is 0. The Hall–Kier alpha value is -2.45. The lowest BCUT2D eigenvalue weighted by molar-refractivity contribution is -0.137. The van der Waals surface area contributed by atoms with Crippen LogP contribution < -0.4 is 9.80 Å². The molecular formula is C16H15F4N5. The summed E-state index contributed by atoms with van der Waals surface area (Å²) in [5.74, 6) is 0.0484. The number of nitrogens with zero attached hydrogens (tertiary/aromatic N) is 5. The molecule has 2 aliphatic heterocycles. The van der Waals surface area contributed by atoms with E-state index in [2.05, 4.69) is 15.0 Å². The molecule has 2 aliphatic rings. The molecule has 25 heavy (non-hydrogen) atoms. The summed E-state index contributed by atoms with van der Waals surface area (Å²) in [7, 11) is 0.